The van der Waals surface area contributed by atoms with Crippen LogP contribution in [0.25, 0.3) is 0 Å². The molecule has 1 N–H and O–H groups in total. The molecule has 136 valence electrons. The molecule has 1 aromatic carbocycles. The van der Waals surface area contributed by atoms with E-state index in [1.807, 2.05) is 19.9 Å². The first kappa shape index (κ1) is 19.2. The Bertz CT molecular complexity index is 896. The standard InChI is InChI=1S/C18H25N3O3S/c1-12(2)21-13(3)10-17(14(21)4)18(22)19-15-8-7-9-16(11-15)25(23,24)20(5)6/h7-12H,1-6H3,(H,19,22). The summed E-state index contributed by atoms with van der Waals surface area (Å²) in [5.74, 6) is -0.251. The van der Waals surface area contributed by atoms with Crippen LogP contribution >= 0.6 is 0 Å². The number of sulfonamides is 1. The summed E-state index contributed by atoms with van der Waals surface area (Å²) in [7, 11) is -0.597. The van der Waals surface area contributed by atoms with Crippen LogP contribution < -0.4 is 5.32 Å². The minimum absolute atomic E-state index is 0.142. The quantitative estimate of drug-likeness (QED) is 0.887. The van der Waals surface area contributed by atoms with Crippen molar-refractivity contribution < 1.29 is 13.2 Å². The smallest absolute Gasteiger partial charge is 0.257 e. The van der Waals surface area contributed by atoms with Gasteiger partial charge in [0, 0.05) is 37.2 Å². The number of nitrogens with one attached hydrogen (secondary N) is 1. The molecule has 6 nitrogen and oxygen atoms in total. The topological polar surface area (TPSA) is 71.4 Å². The molecule has 1 heterocycles. The Morgan fingerprint density at radius 1 is 1.16 bits per heavy atom. The van der Waals surface area contributed by atoms with Gasteiger partial charge in [-0.15, -0.1) is 0 Å². The second-order valence-electron chi connectivity index (χ2n) is 6.52. The Labute approximate surface area is 149 Å². The number of aromatic nitrogens is 1. The van der Waals surface area contributed by atoms with E-state index in [0.717, 1.165) is 15.7 Å². The van der Waals surface area contributed by atoms with Gasteiger partial charge in [0.1, 0.15) is 0 Å². The molecule has 1 aromatic heterocycles. The maximum Gasteiger partial charge on any atom is 0.257 e. The van der Waals surface area contributed by atoms with Crippen LogP contribution in [0.3, 0.4) is 0 Å². The van der Waals surface area contributed by atoms with Gasteiger partial charge >= 0.3 is 0 Å². The molecule has 0 aliphatic heterocycles. The highest BCUT2D eigenvalue weighted by Crippen LogP contribution is 2.22. The number of benzene rings is 1. The lowest BCUT2D eigenvalue weighted by atomic mass is 10.2. The van der Waals surface area contributed by atoms with E-state index in [-0.39, 0.29) is 16.8 Å². The maximum atomic E-state index is 12.6. The van der Waals surface area contributed by atoms with E-state index in [1.54, 1.807) is 12.1 Å². The van der Waals surface area contributed by atoms with Crippen molar-refractivity contribution in [1.82, 2.24) is 8.87 Å². The average Bonchev–Trinajstić information content (AvgIpc) is 2.82. The van der Waals surface area contributed by atoms with E-state index < -0.39 is 10.0 Å². The third kappa shape index (κ3) is 3.77. The fourth-order valence-corrected chi connectivity index (χ4v) is 3.89. The Balaban J connectivity index is 2.33. The van der Waals surface area contributed by atoms with Crippen LogP contribution in [0.2, 0.25) is 0 Å². The molecule has 0 aliphatic carbocycles. The fourth-order valence-electron chi connectivity index (χ4n) is 2.95. The zero-order valence-electron chi connectivity index (χ0n) is 15.5. The van der Waals surface area contributed by atoms with Crippen LogP contribution in [-0.4, -0.2) is 37.3 Å². The summed E-state index contributed by atoms with van der Waals surface area (Å²) in [6, 6.07) is 8.38. The van der Waals surface area contributed by atoms with Gasteiger partial charge in [-0.3, -0.25) is 4.79 Å². The maximum absolute atomic E-state index is 12.6. The third-order valence-electron chi connectivity index (χ3n) is 4.12. The molecule has 7 heteroatoms. The van der Waals surface area contributed by atoms with Gasteiger partial charge in [0.15, 0.2) is 0 Å². The van der Waals surface area contributed by atoms with Crippen molar-refractivity contribution in [2.75, 3.05) is 19.4 Å². The van der Waals surface area contributed by atoms with Crippen molar-refractivity contribution in [3.05, 3.63) is 47.3 Å². The molecule has 2 rings (SSSR count). The van der Waals surface area contributed by atoms with Crippen molar-refractivity contribution in [3.8, 4) is 0 Å². The number of nitrogens with zero attached hydrogens (tertiary/aromatic N) is 2. The van der Waals surface area contributed by atoms with Crippen LogP contribution in [0.5, 0.6) is 0 Å². The van der Waals surface area contributed by atoms with E-state index >= 15 is 0 Å². The summed E-state index contributed by atoms with van der Waals surface area (Å²) in [6.07, 6.45) is 0. The number of hydrogen-bond donors (Lipinski definition) is 1. The Hall–Kier alpha value is -2.12. The molecular formula is C18H25N3O3S. The van der Waals surface area contributed by atoms with E-state index in [1.165, 1.54) is 26.2 Å². The molecule has 0 saturated heterocycles. The first-order valence-corrected chi connectivity index (χ1v) is 9.52. The molecule has 0 bridgehead atoms. The normalized spacial score (nSPS) is 12.0. The van der Waals surface area contributed by atoms with E-state index in [2.05, 4.69) is 23.7 Å². The van der Waals surface area contributed by atoms with E-state index in [0.29, 0.717) is 11.3 Å². The van der Waals surface area contributed by atoms with Gasteiger partial charge in [-0.05, 0) is 52.0 Å². The monoisotopic (exact) mass is 363 g/mol. The van der Waals surface area contributed by atoms with Crippen LogP contribution in [0.1, 0.15) is 41.6 Å². The highest BCUT2D eigenvalue weighted by atomic mass is 32.2. The van der Waals surface area contributed by atoms with Crippen LogP contribution in [0, 0.1) is 13.8 Å². The summed E-state index contributed by atoms with van der Waals surface area (Å²) in [5.41, 5.74) is 2.94. The summed E-state index contributed by atoms with van der Waals surface area (Å²) < 4.78 is 27.7. The zero-order valence-corrected chi connectivity index (χ0v) is 16.3. The van der Waals surface area contributed by atoms with Crippen molar-refractivity contribution in [1.29, 1.82) is 0 Å². The number of aryl methyl sites for hydroxylation is 1. The average molecular weight is 363 g/mol. The fraction of sp³-hybridized carbons (Fsp3) is 0.389. The SMILES string of the molecule is Cc1cc(C(=O)Nc2cccc(S(=O)(=O)N(C)C)c2)c(C)n1C(C)C. The van der Waals surface area contributed by atoms with Crippen molar-refractivity contribution in [2.45, 2.75) is 38.6 Å². The summed E-state index contributed by atoms with van der Waals surface area (Å²) in [4.78, 5) is 12.8. The lowest BCUT2D eigenvalue weighted by molar-refractivity contribution is 0.102. The van der Waals surface area contributed by atoms with Crippen LogP contribution in [0.15, 0.2) is 35.2 Å². The predicted octanol–water partition coefficient (Wildman–Crippen LogP) is 3.19. The van der Waals surface area contributed by atoms with Gasteiger partial charge in [-0.25, -0.2) is 12.7 Å². The molecule has 0 aliphatic rings. The first-order valence-electron chi connectivity index (χ1n) is 8.08. The van der Waals surface area contributed by atoms with Gasteiger partial charge in [-0.2, -0.15) is 0 Å². The molecule has 2 aromatic rings. The highest BCUT2D eigenvalue weighted by Gasteiger charge is 2.20. The second kappa shape index (κ2) is 7.01. The molecule has 0 atom stereocenters. The van der Waals surface area contributed by atoms with Crippen molar-refractivity contribution >= 4 is 21.6 Å². The minimum atomic E-state index is -3.54. The van der Waals surface area contributed by atoms with Gasteiger partial charge in [0.05, 0.1) is 10.5 Å². The van der Waals surface area contributed by atoms with Gasteiger partial charge in [-0.1, -0.05) is 6.07 Å². The Morgan fingerprint density at radius 2 is 1.80 bits per heavy atom. The predicted molar refractivity (Wildman–Crippen MR) is 99.6 cm³/mol. The largest absolute Gasteiger partial charge is 0.346 e. The number of amides is 1. The number of anilines is 1. The molecule has 0 saturated carbocycles. The van der Waals surface area contributed by atoms with E-state index in [4.69, 9.17) is 0 Å². The summed E-state index contributed by atoms with van der Waals surface area (Å²) >= 11 is 0. The molecule has 0 fully saturated rings. The molecular weight excluding hydrogens is 338 g/mol. The minimum Gasteiger partial charge on any atom is -0.346 e. The molecule has 0 radical (unpaired) electrons. The summed E-state index contributed by atoms with van der Waals surface area (Å²) in [5, 5.41) is 2.79. The number of rotatable bonds is 5. The molecule has 1 amide bonds. The van der Waals surface area contributed by atoms with Crippen LogP contribution in [0.4, 0.5) is 5.69 Å². The van der Waals surface area contributed by atoms with Crippen LogP contribution in [-0.2, 0) is 10.0 Å². The van der Waals surface area contributed by atoms with Gasteiger partial charge in [0.25, 0.3) is 5.91 Å². The third-order valence-corrected chi connectivity index (χ3v) is 5.93. The van der Waals surface area contributed by atoms with E-state index in [9.17, 15) is 13.2 Å². The molecule has 25 heavy (non-hydrogen) atoms. The number of carbonyl (C=O) groups excluding carboxylic acids is 1. The highest BCUT2D eigenvalue weighted by molar-refractivity contribution is 7.89. The lowest BCUT2D eigenvalue weighted by Crippen LogP contribution is -2.22. The Morgan fingerprint density at radius 3 is 2.32 bits per heavy atom. The second-order valence-corrected chi connectivity index (χ2v) is 8.67. The van der Waals surface area contributed by atoms with Crippen molar-refractivity contribution in [2.24, 2.45) is 0 Å². The van der Waals surface area contributed by atoms with Gasteiger partial charge in [0.2, 0.25) is 10.0 Å². The first-order chi connectivity index (χ1) is 11.6. The number of carbonyl (C=O) groups is 1. The summed E-state index contributed by atoms with van der Waals surface area (Å²) in [6.45, 7) is 8.01. The number of hydrogen-bond acceptors (Lipinski definition) is 3. The lowest BCUT2D eigenvalue weighted by Gasteiger charge is -2.14. The molecule has 0 spiro atoms. The van der Waals surface area contributed by atoms with Gasteiger partial charge < -0.3 is 9.88 Å². The molecule has 0 unspecified atom stereocenters. The zero-order chi connectivity index (χ0) is 18.9. The van der Waals surface area contributed by atoms with Crippen molar-refractivity contribution in [3.63, 3.8) is 0 Å². The Kier molecular flexibility index (Phi) is 5.39.